The third-order valence-corrected chi connectivity index (χ3v) is 3.24. The van der Waals surface area contributed by atoms with Gasteiger partial charge in [0.1, 0.15) is 0 Å². The number of nitrogens with one attached hydrogen (secondary N) is 1. The van der Waals surface area contributed by atoms with Crippen molar-refractivity contribution >= 4 is 5.69 Å². The van der Waals surface area contributed by atoms with Crippen molar-refractivity contribution in [2.45, 2.75) is 19.6 Å². The van der Waals surface area contributed by atoms with Gasteiger partial charge in [0.15, 0.2) is 0 Å². The van der Waals surface area contributed by atoms with Crippen molar-refractivity contribution in [1.82, 2.24) is 10.3 Å². The number of non-ortho nitro benzene ring substituents is 1. The van der Waals surface area contributed by atoms with Crippen molar-refractivity contribution in [3.05, 3.63) is 69.5 Å². The molecule has 0 radical (unpaired) electrons. The fourth-order valence-electron chi connectivity index (χ4n) is 1.97. The van der Waals surface area contributed by atoms with Gasteiger partial charge in [0.25, 0.3) is 5.69 Å². The first-order valence-corrected chi connectivity index (χ1v) is 6.61. The lowest BCUT2D eigenvalue weighted by Crippen LogP contribution is -2.22. The van der Waals surface area contributed by atoms with Crippen LogP contribution in [0.15, 0.2) is 42.6 Å². The van der Waals surface area contributed by atoms with E-state index in [1.165, 1.54) is 12.1 Å². The van der Waals surface area contributed by atoms with Crippen molar-refractivity contribution in [1.29, 1.82) is 0 Å². The smallest absolute Gasteiger partial charge is 0.269 e. The van der Waals surface area contributed by atoms with Gasteiger partial charge >= 0.3 is 0 Å². The summed E-state index contributed by atoms with van der Waals surface area (Å²) in [6, 6.07) is 9.78. The SMILES string of the molecule is Cc1cccnc1CNCC(O)c1ccc([N+](=O)[O-])cc1. The summed E-state index contributed by atoms with van der Waals surface area (Å²) in [4.78, 5) is 14.4. The Morgan fingerprint density at radius 1 is 1.33 bits per heavy atom. The van der Waals surface area contributed by atoms with E-state index in [1.54, 1.807) is 18.3 Å². The van der Waals surface area contributed by atoms with Gasteiger partial charge < -0.3 is 10.4 Å². The van der Waals surface area contributed by atoms with E-state index in [4.69, 9.17) is 0 Å². The number of hydrogen-bond donors (Lipinski definition) is 2. The van der Waals surface area contributed by atoms with Crippen LogP contribution in [0, 0.1) is 17.0 Å². The minimum absolute atomic E-state index is 0.0167. The van der Waals surface area contributed by atoms with Crippen molar-refractivity contribution in [3.63, 3.8) is 0 Å². The second-order valence-electron chi connectivity index (χ2n) is 4.76. The average molecular weight is 287 g/mol. The molecule has 0 spiro atoms. The van der Waals surface area contributed by atoms with Gasteiger partial charge in [0, 0.05) is 31.4 Å². The summed E-state index contributed by atoms with van der Waals surface area (Å²) in [7, 11) is 0. The molecule has 0 fully saturated rings. The molecule has 0 bridgehead atoms. The van der Waals surface area contributed by atoms with E-state index < -0.39 is 11.0 Å². The van der Waals surface area contributed by atoms with Crippen LogP contribution in [0.5, 0.6) is 0 Å². The number of nitro groups is 1. The van der Waals surface area contributed by atoms with Crippen LogP contribution >= 0.6 is 0 Å². The Morgan fingerprint density at radius 3 is 2.67 bits per heavy atom. The highest BCUT2D eigenvalue weighted by molar-refractivity contribution is 5.33. The summed E-state index contributed by atoms with van der Waals surface area (Å²) < 4.78 is 0. The van der Waals surface area contributed by atoms with Crippen molar-refractivity contribution in [2.75, 3.05) is 6.54 Å². The second kappa shape index (κ2) is 6.92. The first-order chi connectivity index (χ1) is 10.1. The Kier molecular flexibility index (Phi) is 4.97. The predicted octanol–water partition coefficient (Wildman–Crippen LogP) is 2.12. The van der Waals surface area contributed by atoms with Crippen LogP contribution in [0.2, 0.25) is 0 Å². The van der Waals surface area contributed by atoms with Crippen LogP contribution in [-0.2, 0) is 6.54 Å². The van der Waals surface area contributed by atoms with Crippen LogP contribution in [0.4, 0.5) is 5.69 Å². The molecule has 6 nitrogen and oxygen atoms in total. The Morgan fingerprint density at radius 2 is 2.05 bits per heavy atom. The van der Waals surface area contributed by atoms with Gasteiger partial charge in [-0.05, 0) is 36.2 Å². The Balaban J connectivity index is 1.88. The van der Waals surface area contributed by atoms with E-state index in [1.807, 2.05) is 19.1 Å². The van der Waals surface area contributed by atoms with Crippen LogP contribution in [-0.4, -0.2) is 21.6 Å². The summed E-state index contributed by atoms with van der Waals surface area (Å²) in [5, 5.41) is 23.7. The molecule has 1 heterocycles. The first kappa shape index (κ1) is 15.1. The second-order valence-corrected chi connectivity index (χ2v) is 4.76. The number of aromatic nitrogens is 1. The topological polar surface area (TPSA) is 88.3 Å². The number of nitro benzene ring substituents is 1. The standard InChI is InChI=1S/C15H17N3O3/c1-11-3-2-8-17-14(11)9-16-10-15(19)12-4-6-13(7-5-12)18(20)21/h2-8,15-16,19H,9-10H2,1H3. The summed E-state index contributed by atoms with van der Waals surface area (Å²) >= 11 is 0. The number of hydrogen-bond acceptors (Lipinski definition) is 5. The Hall–Kier alpha value is -2.31. The Labute approximate surface area is 122 Å². The summed E-state index contributed by atoms with van der Waals surface area (Å²) in [6.07, 6.45) is 1.02. The molecule has 21 heavy (non-hydrogen) atoms. The van der Waals surface area contributed by atoms with Crippen LogP contribution in [0.1, 0.15) is 22.9 Å². The minimum Gasteiger partial charge on any atom is -0.387 e. The van der Waals surface area contributed by atoms with Crippen molar-refractivity contribution < 1.29 is 10.0 Å². The molecule has 0 aliphatic carbocycles. The van der Waals surface area contributed by atoms with E-state index in [-0.39, 0.29) is 5.69 Å². The number of aliphatic hydroxyl groups excluding tert-OH is 1. The zero-order valence-corrected chi connectivity index (χ0v) is 11.7. The highest BCUT2D eigenvalue weighted by atomic mass is 16.6. The third kappa shape index (κ3) is 4.08. The van der Waals surface area contributed by atoms with Crippen molar-refractivity contribution in [2.24, 2.45) is 0 Å². The van der Waals surface area contributed by atoms with Crippen molar-refractivity contribution in [3.8, 4) is 0 Å². The van der Waals surface area contributed by atoms with Crippen LogP contribution in [0.3, 0.4) is 0 Å². The molecule has 1 atom stereocenters. The van der Waals surface area contributed by atoms with E-state index in [0.29, 0.717) is 18.7 Å². The normalized spacial score (nSPS) is 12.1. The lowest BCUT2D eigenvalue weighted by molar-refractivity contribution is -0.384. The summed E-state index contributed by atoms with van der Waals surface area (Å²) in [5.74, 6) is 0. The maximum absolute atomic E-state index is 10.6. The van der Waals surface area contributed by atoms with Crippen LogP contribution < -0.4 is 5.32 Å². The molecular weight excluding hydrogens is 270 g/mol. The van der Waals surface area contributed by atoms with Gasteiger partial charge in [-0.25, -0.2) is 0 Å². The minimum atomic E-state index is -0.713. The van der Waals surface area contributed by atoms with Gasteiger partial charge in [-0.3, -0.25) is 15.1 Å². The zero-order chi connectivity index (χ0) is 15.2. The number of benzene rings is 1. The molecule has 2 rings (SSSR count). The fraction of sp³-hybridized carbons (Fsp3) is 0.267. The van der Waals surface area contributed by atoms with Gasteiger partial charge in [0.05, 0.1) is 16.7 Å². The van der Waals surface area contributed by atoms with Gasteiger partial charge in [-0.1, -0.05) is 6.07 Å². The molecule has 1 aromatic carbocycles. The zero-order valence-electron chi connectivity index (χ0n) is 11.7. The summed E-state index contributed by atoms with van der Waals surface area (Å²) in [5.41, 5.74) is 2.69. The molecule has 0 amide bonds. The molecule has 2 aromatic rings. The maximum Gasteiger partial charge on any atom is 0.269 e. The first-order valence-electron chi connectivity index (χ1n) is 6.61. The van der Waals surface area contributed by atoms with E-state index in [2.05, 4.69) is 10.3 Å². The average Bonchev–Trinajstić information content (AvgIpc) is 2.49. The third-order valence-electron chi connectivity index (χ3n) is 3.24. The highest BCUT2D eigenvalue weighted by Gasteiger charge is 2.10. The highest BCUT2D eigenvalue weighted by Crippen LogP contribution is 2.17. The van der Waals surface area contributed by atoms with E-state index in [9.17, 15) is 15.2 Å². The van der Waals surface area contributed by atoms with Gasteiger partial charge in [-0.2, -0.15) is 0 Å². The molecule has 0 saturated heterocycles. The predicted molar refractivity (Wildman–Crippen MR) is 78.7 cm³/mol. The van der Waals surface area contributed by atoms with E-state index >= 15 is 0 Å². The molecule has 1 aromatic heterocycles. The Bertz CT molecular complexity index is 614. The van der Waals surface area contributed by atoms with E-state index in [0.717, 1.165) is 11.3 Å². The van der Waals surface area contributed by atoms with Gasteiger partial charge in [-0.15, -0.1) is 0 Å². The summed E-state index contributed by atoms with van der Waals surface area (Å²) in [6.45, 7) is 2.90. The molecule has 0 aliphatic rings. The largest absolute Gasteiger partial charge is 0.387 e. The van der Waals surface area contributed by atoms with Gasteiger partial charge in [0.2, 0.25) is 0 Å². The quantitative estimate of drug-likeness (QED) is 0.627. The lowest BCUT2D eigenvalue weighted by Gasteiger charge is -2.12. The molecule has 0 aliphatic heterocycles. The molecule has 110 valence electrons. The van der Waals surface area contributed by atoms with Crippen LogP contribution in [0.25, 0.3) is 0 Å². The number of aliphatic hydroxyl groups is 1. The molecule has 2 N–H and O–H groups in total. The molecular formula is C15H17N3O3. The monoisotopic (exact) mass is 287 g/mol. The number of aryl methyl sites for hydroxylation is 1. The lowest BCUT2D eigenvalue weighted by atomic mass is 10.1. The molecule has 0 saturated carbocycles. The maximum atomic E-state index is 10.6. The number of pyridine rings is 1. The number of rotatable bonds is 6. The number of nitrogens with zero attached hydrogens (tertiary/aromatic N) is 2. The molecule has 6 heteroatoms. The fourth-order valence-corrected chi connectivity index (χ4v) is 1.97. The molecule has 1 unspecified atom stereocenters.